The average Bonchev–Trinajstić information content (AvgIpc) is 3.48. The predicted molar refractivity (Wildman–Crippen MR) is 174 cm³/mol. The van der Waals surface area contributed by atoms with Crippen LogP contribution >= 0.6 is 39.0 Å². The zero-order chi connectivity index (χ0) is 31.8. The number of nitrogens with one attached hydrogen (secondary N) is 1. The Hall–Kier alpha value is -4.20. The molecular weight excluding hydrogens is 682 g/mol. The van der Waals surface area contributed by atoms with Crippen LogP contribution in [0.15, 0.2) is 87.1 Å². The van der Waals surface area contributed by atoms with E-state index < -0.39 is 29.0 Å². The van der Waals surface area contributed by atoms with Crippen LogP contribution in [-0.2, 0) is 25.7 Å². The van der Waals surface area contributed by atoms with Gasteiger partial charge in [-0.05, 0) is 73.2 Å². The van der Waals surface area contributed by atoms with Crippen molar-refractivity contribution in [2.75, 3.05) is 23.9 Å². The summed E-state index contributed by atoms with van der Waals surface area (Å²) in [5, 5.41) is 2.45. The zero-order valence-electron chi connectivity index (χ0n) is 24.0. The minimum absolute atomic E-state index is 0.249. The highest BCUT2D eigenvalue weighted by molar-refractivity contribution is 9.10. The van der Waals surface area contributed by atoms with Crippen LogP contribution in [0.3, 0.4) is 0 Å². The molecule has 0 saturated carbocycles. The van der Waals surface area contributed by atoms with E-state index in [4.69, 9.17) is 9.47 Å². The standard InChI is InChI=1S/C32H26BrN3O7S2/c1-3-43-31(40)18-6-10-20(11-7-18)34-23(37)16-35-30-27(45-32(35)41)24(17-4-8-19(33)9-5-17)25-26(44-30)29(39)36(28(25)38)21-12-14-22(42-2)15-13-21/h4-15,24-26H,3,16H2,1-2H3,(H,34,37). The van der Waals surface area contributed by atoms with E-state index in [2.05, 4.69) is 21.2 Å². The molecule has 10 nitrogen and oxygen atoms in total. The third-order valence-corrected chi connectivity index (χ3v) is 10.7. The second kappa shape index (κ2) is 12.7. The number of thiazole rings is 1. The van der Waals surface area contributed by atoms with Gasteiger partial charge in [0.2, 0.25) is 17.7 Å². The molecule has 13 heteroatoms. The number of hydrogen-bond donors (Lipinski definition) is 1. The van der Waals surface area contributed by atoms with Gasteiger partial charge in [-0.1, -0.05) is 51.2 Å². The van der Waals surface area contributed by atoms with Crippen molar-refractivity contribution in [3.05, 3.63) is 103 Å². The second-order valence-electron chi connectivity index (χ2n) is 10.3. The molecule has 45 heavy (non-hydrogen) atoms. The molecule has 3 amide bonds. The van der Waals surface area contributed by atoms with E-state index in [1.807, 2.05) is 24.3 Å². The van der Waals surface area contributed by atoms with E-state index in [9.17, 15) is 24.0 Å². The van der Waals surface area contributed by atoms with Crippen molar-refractivity contribution in [1.29, 1.82) is 0 Å². The number of aromatic nitrogens is 1. The number of amides is 3. The van der Waals surface area contributed by atoms with Gasteiger partial charge in [-0.2, -0.15) is 0 Å². The second-order valence-corrected chi connectivity index (χ2v) is 13.3. The van der Waals surface area contributed by atoms with Crippen LogP contribution < -0.4 is 19.8 Å². The highest BCUT2D eigenvalue weighted by atomic mass is 79.9. The van der Waals surface area contributed by atoms with Crippen molar-refractivity contribution in [2.24, 2.45) is 5.92 Å². The molecule has 0 radical (unpaired) electrons. The average molecular weight is 709 g/mol. The van der Waals surface area contributed by atoms with Crippen LogP contribution in [0, 0.1) is 5.92 Å². The first-order chi connectivity index (χ1) is 21.7. The molecule has 0 aliphatic carbocycles. The number of thioether (sulfide) groups is 1. The fraction of sp³-hybridized carbons (Fsp3) is 0.219. The van der Waals surface area contributed by atoms with Gasteiger partial charge in [0.25, 0.3) is 0 Å². The summed E-state index contributed by atoms with van der Waals surface area (Å²) in [7, 11) is 1.54. The molecule has 230 valence electrons. The summed E-state index contributed by atoms with van der Waals surface area (Å²) in [6.45, 7) is 1.67. The number of halogens is 1. The summed E-state index contributed by atoms with van der Waals surface area (Å²) >= 11 is 5.59. The molecule has 3 atom stereocenters. The number of rotatable bonds is 8. The maximum Gasteiger partial charge on any atom is 0.338 e. The number of carbonyl (C=O) groups excluding carboxylic acids is 4. The lowest BCUT2D eigenvalue weighted by atomic mass is 9.83. The summed E-state index contributed by atoms with van der Waals surface area (Å²) < 4.78 is 12.4. The van der Waals surface area contributed by atoms with Gasteiger partial charge >= 0.3 is 10.8 Å². The monoisotopic (exact) mass is 707 g/mol. The third-order valence-electron chi connectivity index (χ3n) is 7.59. The Labute approximate surface area is 274 Å². The minimum Gasteiger partial charge on any atom is -0.497 e. The van der Waals surface area contributed by atoms with E-state index in [0.29, 0.717) is 32.6 Å². The van der Waals surface area contributed by atoms with E-state index in [0.717, 1.165) is 33.1 Å². The van der Waals surface area contributed by atoms with Gasteiger partial charge in [0.1, 0.15) is 17.5 Å². The number of benzene rings is 3. The Morgan fingerprint density at radius 1 is 0.933 bits per heavy atom. The van der Waals surface area contributed by atoms with E-state index in [1.54, 1.807) is 55.5 Å². The van der Waals surface area contributed by atoms with Crippen molar-refractivity contribution >= 4 is 74.1 Å². The zero-order valence-corrected chi connectivity index (χ0v) is 27.2. The largest absolute Gasteiger partial charge is 0.497 e. The predicted octanol–water partition coefficient (Wildman–Crippen LogP) is 5.29. The lowest BCUT2D eigenvalue weighted by molar-refractivity contribution is -0.122. The van der Waals surface area contributed by atoms with Crippen molar-refractivity contribution in [3.8, 4) is 5.75 Å². The first-order valence-electron chi connectivity index (χ1n) is 13.9. The van der Waals surface area contributed by atoms with E-state index in [1.165, 1.54) is 16.6 Å². The van der Waals surface area contributed by atoms with Gasteiger partial charge < -0.3 is 14.8 Å². The van der Waals surface area contributed by atoms with Gasteiger partial charge in [0.15, 0.2) is 0 Å². The van der Waals surface area contributed by atoms with Crippen LogP contribution in [-0.4, -0.2) is 47.2 Å². The lowest BCUT2D eigenvalue weighted by Crippen LogP contribution is -2.33. The van der Waals surface area contributed by atoms with E-state index >= 15 is 0 Å². The summed E-state index contributed by atoms with van der Waals surface area (Å²) in [5.41, 5.74) is 2.01. The lowest BCUT2D eigenvalue weighted by Gasteiger charge is -2.30. The first kappa shape index (κ1) is 30.8. The Balaban J connectivity index is 1.33. The molecule has 6 rings (SSSR count). The van der Waals surface area contributed by atoms with E-state index in [-0.39, 0.29) is 29.8 Å². The van der Waals surface area contributed by atoms with Crippen molar-refractivity contribution in [3.63, 3.8) is 0 Å². The molecule has 1 aromatic heterocycles. The number of fused-ring (bicyclic) bond motifs is 2. The van der Waals surface area contributed by atoms with Gasteiger partial charge in [-0.25, -0.2) is 9.69 Å². The molecule has 2 aliphatic rings. The molecule has 1 saturated heterocycles. The van der Waals surface area contributed by atoms with Crippen LogP contribution in [0.5, 0.6) is 5.75 Å². The topological polar surface area (TPSA) is 124 Å². The molecular formula is C32H26BrN3O7S2. The normalized spacial score (nSPS) is 18.7. The Morgan fingerprint density at radius 2 is 1.62 bits per heavy atom. The summed E-state index contributed by atoms with van der Waals surface area (Å²) in [6.07, 6.45) is 0. The number of carbonyl (C=O) groups is 4. The molecule has 1 fully saturated rings. The van der Waals surface area contributed by atoms with Gasteiger partial charge in [-0.3, -0.25) is 23.7 Å². The maximum absolute atomic E-state index is 14.0. The Morgan fingerprint density at radius 3 is 2.27 bits per heavy atom. The number of methoxy groups -OCH3 is 1. The summed E-state index contributed by atoms with van der Waals surface area (Å²) in [6, 6.07) is 20.4. The number of nitrogens with zero attached hydrogens (tertiary/aromatic N) is 2. The minimum atomic E-state index is -0.806. The molecule has 2 aliphatic heterocycles. The highest BCUT2D eigenvalue weighted by Crippen LogP contribution is 2.54. The van der Waals surface area contributed by atoms with Crippen LogP contribution in [0.25, 0.3) is 0 Å². The number of ether oxygens (including phenoxy) is 2. The quantitative estimate of drug-likeness (QED) is 0.194. The van der Waals surface area contributed by atoms with Crippen LogP contribution in [0.1, 0.15) is 33.6 Å². The fourth-order valence-electron chi connectivity index (χ4n) is 5.52. The molecule has 1 N–H and O–H groups in total. The van der Waals surface area contributed by atoms with Crippen LogP contribution in [0.4, 0.5) is 11.4 Å². The molecule has 0 bridgehead atoms. The van der Waals surface area contributed by atoms with Crippen molar-refractivity contribution in [1.82, 2.24) is 4.57 Å². The summed E-state index contributed by atoms with van der Waals surface area (Å²) in [5.74, 6) is -2.39. The van der Waals surface area contributed by atoms with Gasteiger partial charge in [0, 0.05) is 21.0 Å². The van der Waals surface area contributed by atoms with Crippen molar-refractivity contribution < 1.29 is 28.7 Å². The molecule has 3 unspecified atom stereocenters. The SMILES string of the molecule is CCOC(=O)c1ccc(NC(=O)Cn2c3c(sc2=O)C(c2ccc(Br)cc2)C2C(=O)N(c4ccc(OC)cc4)C(=O)C2S3)cc1. The molecule has 3 heterocycles. The van der Waals surface area contributed by atoms with Crippen LogP contribution in [0.2, 0.25) is 0 Å². The highest BCUT2D eigenvalue weighted by Gasteiger charge is 2.56. The molecule has 0 spiro atoms. The molecule has 3 aromatic carbocycles. The number of hydrogen-bond acceptors (Lipinski definition) is 9. The fourth-order valence-corrected chi connectivity index (χ4v) is 8.56. The van der Waals surface area contributed by atoms with Gasteiger partial charge in [-0.15, -0.1) is 0 Å². The Bertz CT molecular complexity index is 1850. The number of esters is 1. The smallest absolute Gasteiger partial charge is 0.338 e. The first-order valence-corrected chi connectivity index (χ1v) is 16.4. The Kier molecular flexibility index (Phi) is 8.67. The maximum atomic E-state index is 14.0. The van der Waals surface area contributed by atoms with Crippen molar-refractivity contribution in [2.45, 2.75) is 29.7 Å². The number of anilines is 2. The third kappa shape index (κ3) is 5.83. The summed E-state index contributed by atoms with van der Waals surface area (Å²) in [4.78, 5) is 67.9. The number of imide groups is 1. The molecule has 4 aromatic rings. The van der Waals surface area contributed by atoms with Gasteiger partial charge in [0.05, 0.1) is 35.9 Å².